The van der Waals surface area contributed by atoms with E-state index in [1.54, 1.807) is 12.3 Å². The van der Waals surface area contributed by atoms with Gasteiger partial charge in [-0.1, -0.05) is 13.2 Å². The Morgan fingerprint density at radius 3 is 2.62 bits per heavy atom. The van der Waals surface area contributed by atoms with Crippen molar-refractivity contribution >= 4 is 6.72 Å². The third kappa shape index (κ3) is 5.46. The maximum atomic E-state index is 13.5. The van der Waals surface area contributed by atoms with Crippen LogP contribution >= 0.6 is 0 Å². The number of ether oxygens (including phenoxy) is 1. The normalized spacial score (nSPS) is 11.9. The number of pyridine rings is 1. The molecule has 24 heavy (non-hydrogen) atoms. The van der Waals surface area contributed by atoms with E-state index in [2.05, 4.69) is 29.9 Å². The summed E-state index contributed by atoms with van der Waals surface area (Å²) in [4.78, 5) is 9.19. The molecule has 0 bridgehead atoms. The lowest BCUT2D eigenvalue weighted by Crippen LogP contribution is -2.15. The van der Waals surface area contributed by atoms with Crippen molar-refractivity contribution < 1.29 is 13.5 Å². The van der Waals surface area contributed by atoms with E-state index in [0.717, 1.165) is 29.2 Å². The van der Waals surface area contributed by atoms with Gasteiger partial charge in [0.25, 0.3) is 0 Å². The summed E-state index contributed by atoms with van der Waals surface area (Å²) >= 11 is 0. The molecule has 0 saturated carbocycles. The van der Waals surface area contributed by atoms with Crippen molar-refractivity contribution in [2.45, 2.75) is 20.5 Å². The predicted octanol–water partition coefficient (Wildman–Crippen LogP) is 4.34. The van der Waals surface area contributed by atoms with E-state index >= 15 is 0 Å². The van der Waals surface area contributed by atoms with Crippen molar-refractivity contribution in [1.82, 2.24) is 9.88 Å². The van der Waals surface area contributed by atoms with Gasteiger partial charge in [0.05, 0.1) is 6.20 Å². The number of hydrogen-bond acceptors (Lipinski definition) is 4. The highest BCUT2D eigenvalue weighted by Gasteiger charge is 2.08. The van der Waals surface area contributed by atoms with Crippen molar-refractivity contribution in [3.63, 3.8) is 0 Å². The van der Waals surface area contributed by atoms with Crippen LogP contribution in [0.5, 0.6) is 0 Å². The van der Waals surface area contributed by atoms with Gasteiger partial charge >= 0.3 is 0 Å². The number of rotatable bonds is 8. The second-order valence-electron chi connectivity index (χ2n) is 5.12. The Balaban J connectivity index is 2.70. The average Bonchev–Trinajstić information content (AvgIpc) is 2.52. The molecule has 6 heteroatoms. The van der Waals surface area contributed by atoms with Gasteiger partial charge in [-0.25, -0.2) is 8.78 Å². The van der Waals surface area contributed by atoms with Crippen molar-refractivity contribution in [2.24, 2.45) is 4.99 Å². The zero-order valence-corrected chi connectivity index (χ0v) is 14.1. The van der Waals surface area contributed by atoms with Crippen molar-refractivity contribution in [3.05, 3.63) is 77.8 Å². The van der Waals surface area contributed by atoms with Gasteiger partial charge < -0.3 is 9.64 Å². The highest BCUT2D eigenvalue weighted by atomic mass is 19.1. The molecule has 0 aliphatic heterocycles. The minimum Gasteiger partial charge on any atom is -0.488 e. The summed E-state index contributed by atoms with van der Waals surface area (Å²) in [5.74, 6) is -1.17. The van der Waals surface area contributed by atoms with Crippen LogP contribution in [-0.2, 0) is 11.3 Å². The lowest BCUT2D eigenvalue weighted by atomic mass is 10.2. The van der Waals surface area contributed by atoms with Gasteiger partial charge in [-0.2, -0.15) is 0 Å². The third-order valence-corrected chi connectivity index (χ3v) is 3.32. The number of likely N-dealkylation sites (N-methyl/N-ethyl adjacent to an activating group) is 1. The molecule has 1 aromatic rings. The van der Waals surface area contributed by atoms with Crippen LogP contribution in [0.4, 0.5) is 8.78 Å². The summed E-state index contributed by atoms with van der Waals surface area (Å²) < 4.78 is 31.7. The fraction of sp³-hybridized carbons (Fsp3) is 0.222. The first-order chi connectivity index (χ1) is 11.3. The Morgan fingerprint density at radius 1 is 1.38 bits per heavy atom. The summed E-state index contributed by atoms with van der Waals surface area (Å²) in [6.45, 7) is 14.7. The van der Waals surface area contributed by atoms with Gasteiger partial charge in [0, 0.05) is 30.7 Å². The second kappa shape index (κ2) is 8.76. The molecule has 1 rings (SSSR count). The Bertz CT molecular complexity index is 708. The number of nitrogens with zero attached hydrogens (tertiary/aromatic N) is 3. The number of aromatic nitrogens is 1. The van der Waals surface area contributed by atoms with Gasteiger partial charge in [-0.15, -0.1) is 0 Å². The third-order valence-electron chi connectivity index (χ3n) is 3.32. The Labute approximate surface area is 141 Å². The van der Waals surface area contributed by atoms with E-state index in [9.17, 15) is 8.78 Å². The summed E-state index contributed by atoms with van der Waals surface area (Å²) in [7, 11) is 1.84. The minimum atomic E-state index is -0.758. The highest BCUT2D eigenvalue weighted by molar-refractivity contribution is 5.33. The summed E-state index contributed by atoms with van der Waals surface area (Å²) in [5.41, 5.74) is 2.44. The van der Waals surface area contributed by atoms with Crippen LogP contribution in [0.1, 0.15) is 19.5 Å². The number of aliphatic imine (C=N–C) groups is 1. The van der Waals surface area contributed by atoms with Crippen LogP contribution < -0.4 is 0 Å². The Morgan fingerprint density at radius 2 is 2.04 bits per heavy atom. The molecule has 128 valence electrons. The molecule has 0 atom stereocenters. The second-order valence-corrected chi connectivity index (χ2v) is 5.12. The molecule has 0 fully saturated rings. The molecule has 0 N–H and O–H groups in total. The first kappa shape index (κ1) is 19.3. The van der Waals surface area contributed by atoms with Crippen LogP contribution in [0.3, 0.4) is 0 Å². The van der Waals surface area contributed by atoms with E-state index in [-0.39, 0.29) is 12.3 Å². The van der Waals surface area contributed by atoms with E-state index in [1.165, 1.54) is 0 Å². The SMILES string of the molecule is C=N/C=C(/C)C(=C)N(C)/C(C)=C\C(=C)OCc1ncc(F)cc1F. The maximum Gasteiger partial charge on any atom is 0.151 e. The smallest absolute Gasteiger partial charge is 0.151 e. The quantitative estimate of drug-likeness (QED) is 0.403. The Kier molecular flexibility index (Phi) is 7.04. The van der Waals surface area contributed by atoms with E-state index in [0.29, 0.717) is 5.76 Å². The molecule has 4 nitrogen and oxygen atoms in total. The monoisotopic (exact) mass is 333 g/mol. The van der Waals surface area contributed by atoms with Crippen LogP contribution in [0.15, 0.2) is 65.4 Å². The molecular formula is C18H21F2N3O. The maximum absolute atomic E-state index is 13.5. The van der Waals surface area contributed by atoms with Crippen molar-refractivity contribution in [3.8, 4) is 0 Å². The molecule has 0 aliphatic carbocycles. The average molecular weight is 333 g/mol. The van der Waals surface area contributed by atoms with Gasteiger partial charge in [-0.05, 0) is 32.2 Å². The summed E-state index contributed by atoms with van der Waals surface area (Å²) in [6, 6.07) is 0.760. The van der Waals surface area contributed by atoms with E-state index in [4.69, 9.17) is 4.74 Å². The molecular weight excluding hydrogens is 312 g/mol. The molecule has 0 unspecified atom stereocenters. The number of halogens is 2. The van der Waals surface area contributed by atoms with Crippen LogP contribution in [0, 0.1) is 11.6 Å². The topological polar surface area (TPSA) is 37.7 Å². The fourth-order valence-corrected chi connectivity index (χ4v) is 1.77. The van der Waals surface area contributed by atoms with Gasteiger partial charge in [0.1, 0.15) is 23.9 Å². The molecule has 0 amide bonds. The number of hydrogen-bond donors (Lipinski definition) is 0. The molecule has 1 aromatic heterocycles. The first-order valence-electron chi connectivity index (χ1n) is 7.11. The largest absolute Gasteiger partial charge is 0.488 e. The molecule has 0 radical (unpaired) electrons. The minimum absolute atomic E-state index is 0.0113. The summed E-state index contributed by atoms with van der Waals surface area (Å²) in [6.07, 6.45) is 4.23. The highest BCUT2D eigenvalue weighted by Crippen LogP contribution is 2.18. The van der Waals surface area contributed by atoms with Gasteiger partial charge in [0.2, 0.25) is 0 Å². The fourth-order valence-electron chi connectivity index (χ4n) is 1.77. The lowest BCUT2D eigenvalue weighted by Gasteiger charge is -2.23. The number of allylic oxidation sites excluding steroid dienone is 3. The van der Waals surface area contributed by atoms with Gasteiger partial charge in [-0.3, -0.25) is 9.98 Å². The van der Waals surface area contributed by atoms with Crippen LogP contribution in [0.25, 0.3) is 0 Å². The van der Waals surface area contributed by atoms with Crippen molar-refractivity contribution in [2.75, 3.05) is 7.05 Å². The molecule has 0 aromatic carbocycles. The molecule has 0 saturated heterocycles. The molecule has 0 spiro atoms. The summed E-state index contributed by atoms with van der Waals surface area (Å²) in [5, 5.41) is 0. The van der Waals surface area contributed by atoms with Crippen LogP contribution in [0.2, 0.25) is 0 Å². The zero-order valence-electron chi connectivity index (χ0n) is 14.1. The standard InChI is InChI=1S/C18H21F2N3O/c1-12(9-21-5)15(4)23(6)13(2)7-14(3)24-11-18-17(20)8-16(19)10-22-18/h7-10H,3-5,11H2,1-2,6H3/b12-9-,13-7-. The van der Waals surface area contributed by atoms with Gasteiger partial charge in [0.15, 0.2) is 5.82 Å². The van der Waals surface area contributed by atoms with E-state index in [1.807, 2.05) is 25.8 Å². The first-order valence-corrected chi connectivity index (χ1v) is 7.11. The zero-order chi connectivity index (χ0) is 18.3. The molecule has 1 heterocycles. The predicted molar refractivity (Wildman–Crippen MR) is 92.0 cm³/mol. The molecule has 0 aliphatic rings. The van der Waals surface area contributed by atoms with E-state index < -0.39 is 11.6 Å². The lowest BCUT2D eigenvalue weighted by molar-refractivity contribution is 0.203. The Hall–Kier alpha value is -2.76. The van der Waals surface area contributed by atoms with Crippen molar-refractivity contribution in [1.29, 1.82) is 0 Å². The van der Waals surface area contributed by atoms with Crippen LogP contribution in [-0.4, -0.2) is 23.6 Å².